The number of aryl methyl sites for hydroxylation is 1. The van der Waals surface area contributed by atoms with E-state index in [1.54, 1.807) is 29.7 Å². The largest absolute Gasteiger partial charge is 0.320 e. The van der Waals surface area contributed by atoms with Gasteiger partial charge in [0, 0.05) is 17.2 Å². The molecular weight excluding hydrogens is 268 g/mol. The molecule has 18 heavy (non-hydrogen) atoms. The van der Waals surface area contributed by atoms with Crippen LogP contribution in [0.5, 0.6) is 0 Å². The highest BCUT2D eigenvalue weighted by atomic mass is 35.5. The molecule has 0 saturated carbocycles. The number of thiophene rings is 1. The molecule has 2 rings (SSSR count). The molecule has 0 unspecified atom stereocenters. The van der Waals surface area contributed by atoms with Gasteiger partial charge in [-0.25, -0.2) is 4.98 Å². The van der Waals surface area contributed by atoms with Crippen molar-refractivity contribution < 1.29 is 4.79 Å². The van der Waals surface area contributed by atoms with E-state index in [9.17, 15) is 4.79 Å². The summed E-state index contributed by atoms with van der Waals surface area (Å²) in [6.07, 6.45) is 4.89. The third kappa shape index (κ3) is 3.42. The first-order chi connectivity index (χ1) is 8.65. The van der Waals surface area contributed by atoms with E-state index in [-0.39, 0.29) is 5.91 Å². The predicted octanol–water partition coefficient (Wildman–Crippen LogP) is 3.76. The second-order valence-corrected chi connectivity index (χ2v) is 5.03. The highest BCUT2D eigenvalue weighted by Gasteiger charge is 2.04. The molecular formula is C13H11ClN2OS. The monoisotopic (exact) mass is 278 g/mol. The molecule has 0 bridgehead atoms. The van der Waals surface area contributed by atoms with Crippen LogP contribution < -0.4 is 5.32 Å². The summed E-state index contributed by atoms with van der Waals surface area (Å²) < 4.78 is 0. The van der Waals surface area contributed by atoms with Gasteiger partial charge in [-0.1, -0.05) is 17.7 Å². The molecule has 0 aliphatic carbocycles. The van der Waals surface area contributed by atoms with Gasteiger partial charge in [-0.2, -0.15) is 0 Å². The minimum absolute atomic E-state index is 0.224. The third-order valence-corrected chi connectivity index (χ3v) is 3.31. The fourth-order valence-corrected chi connectivity index (χ4v) is 2.13. The molecule has 0 atom stereocenters. The normalized spacial score (nSPS) is 10.8. The molecule has 2 aromatic heterocycles. The highest BCUT2D eigenvalue weighted by Crippen LogP contribution is 2.19. The number of rotatable bonds is 3. The Kier molecular flexibility index (Phi) is 4.12. The van der Waals surface area contributed by atoms with Gasteiger partial charge in [0.1, 0.15) is 0 Å². The molecule has 1 N–H and O–H groups in total. The Morgan fingerprint density at radius 3 is 3.11 bits per heavy atom. The average Bonchev–Trinajstić information content (AvgIpc) is 2.84. The smallest absolute Gasteiger partial charge is 0.248 e. The molecule has 0 saturated heterocycles. The number of nitrogens with zero attached hydrogens (tertiary/aromatic N) is 1. The van der Waals surface area contributed by atoms with E-state index in [1.807, 2.05) is 24.4 Å². The van der Waals surface area contributed by atoms with Gasteiger partial charge < -0.3 is 5.32 Å². The van der Waals surface area contributed by atoms with Crippen LogP contribution in [0.1, 0.15) is 10.4 Å². The van der Waals surface area contributed by atoms with Crippen LogP contribution >= 0.6 is 22.9 Å². The highest BCUT2D eigenvalue weighted by molar-refractivity contribution is 7.10. The van der Waals surface area contributed by atoms with Crippen LogP contribution in [0.15, 0.2) is 35.9 Å². The predicted molar refractivity (Wildman–Crippen MR) is 76.0 cm³/mol. The number of amides is 1. The Morgan fingerprint density at radius 1 is 1.56 bits per heavy atom. The van der Waals surface area contributed by atoms with Gasteiger partial charge in [-0.05, 0) is 36.1 Å². The first-order valence-corrected chi connectivity index (χ1v) is 6.55. The van der Waals surface area contributed by atoms with Crippen LogP contribution in [-0.2, 0) is 4.79 Å². The molecule has 2 aromatic rings. The lowest BCUT2D eigenvalue weighted by Gasteiger charge is -2.04. The number of halogens is 1. The third-order valence-electron chi connectivity index (χ3n) is 2.18. The standard InChI is InChI=1S/C13H11ClN2OS/c1-9-7-11(13(14)15-8-9)16-12(17)5-4-10-3-2-6-18-10/h2-8H,1H3,(H,16,17)/b5-4+. The average molecular weight is 279 g/mol. The van der Waals surface area contributed by atoms with Crippen molar-refractivity contribution in [2.45, 2.75) is 6.92 Å². The van der Waals surface area contributed by atoms with Crippen molar-refractivity contribution in [3.63, 3.8) is 0 Å². The minimum Gasteiger partial charge on any atom is -0.320 e. The Bertz CT molecular complexity index is 579. The number of hydrogen-bond acceptors (Lipinski definition) is 3. The summed E-state index contributed by atoms with van der Waals surface area (Å²) in [6.45, 7) is 1.89. The number of anilines is 1. The minimum atomic E-state index is -0.224. The molecule has 0 fully saturated rings. The van der Waals surface area contributed by atoms with E-state index in [1.165, 1.54) is 6.08 Å². The summed E-state index contributed by atoms with van der Waals surface area (Å²) in [5.41, 5.74) is 1.47. The lowest BCUT2D eigenvalue weighted by molar-refractivity contribution is -0.111. The van der Waals surface area contributed by atoms with Crippen LogP contribution in [-0.4, -0.2) is 10.9 Å². The Labute approximate surface area is 114 Å². The molecule has 3 nitrogen and oxygen atoms in total. The van der Waals surface area contributed by atoms with Gasteiger partial charge in [0.05, 0.1) is 5.69 Å². The molecule has 0 radical (unpaired) electrons. The molecule has 5 heteroatoms. The maximum atomic E-state index is 11.7. The molecule has 0 spiro atoms. The van der Waals surface area contributed by atoms with Gasteiger partial charge in [0.2, 0.25) is 5.91 Å². The van der Waals surface area contributed by atoms with Crippen molar-refractivity contribution in [3.05, 3.63) is 51.4 Å². The van der Waals surface area contributed by atoms with Crippen molar-refractivity contribution in [2.24, 2.45) is 0 Å². The van der Waals surface area contributed by atoms with Crippen LogP contribution in [0.4, 0.5) is 5.69 Å². The summed E-state index contributed by atoms with van der Waals surface area (Å²) in [7, 11) is 0. The van der Waals surface area contributed by atoms with Crippen molar-refractivity contribution in [3.8, 4) is 0 Å². The summed E-state index contributed by atoms with van der Waals surface area (Å²) in [5.74, 6) is -0.224. The number of pyridine rings is 1. The number of nitrogens with one attached hydrogen (secondary N) is 1. The molecule has 0 aliphatic heterocycles. The number of carbonyl (C=O) groups is 1. The SMILES string of the molecule is Cc1cnc(Cl)c(NC(=O)/C=C/c2cccs2)c1. The number of carbonyl (C=O) groups excluding carboxylic acids is 1. The van der Waals surface area contributed by atoms with Gasteiger partial charge in [0.15, 0.2) is 5.15 Å². The van der Waals surface area contributed by atoms with Gasteiger partial charge in [-0.3, -0.25) is 4.79 Å². The maximum absolute atomic E-state index is 11.7. The first-order valence-electron chi connectivity index (χ1n) is 5.30. The molecule has 1 amide bonds. The Morgan fingerprint density at radius 2 is 2.39 bits per heavy atom. The van der Waals surface area contributed by atoms with Crippen molar-refractivity contribution in [2.75, 3.05) is 5.32 Å². The summed E-state index contributed by atoms with van der Waals surface area (Å²) in [6, 6.07) is 5.66. The lowest BCUT2D eigenvalue weighted by Crippen LogP contribution is -2.08. The second kappa shape index (κ2) is 5.80. The van der Waals surface area contributed by atoms with Crippen LogP contribution in [0.25, 0.3) is 6.08 Å². The first kappa shape index (κ1) is 12.8. The van der Waals surface area contributed by atoms with Crippen LogP contribution in [0, 0.1) is 6.92 Å². The molecule has 0 aliphatic rings. The van der Waals surface area contributed by atoms with E-state index >= 15 is 0 Å². The van der Waals surface area contributed by atoms with Crippen LogP contribution in [0.3, 0.4) is 0 Å². The van der Waals surface area contributed by atoms with Gasteiger partial charge in [0.25, 0.3) is 0 Å². The maximum Gasteiger partial charge on any atom is 0.248 e. The molecule has 92 valence electrons. The lowest BCUT2D eigenvalue weighted by atomic mass is 10.3. The van der Waals surface area contributed by atoms with Gasteiger partial charge in [-0.15, -0.1) is 11.3 Å². The fraction of sp³-hybridized carbons (Fsp3) is 0.0769. The van der Waals surface area contributed by atoms with E-state index in [4.69, 9.17) is 11.6 Å². The van der Waals surface area contributed by atoms with E-state index in [2.05, 4.69) is 10.3 Å². The zero-order chi connectivity index (χ0) is 13.0. The quantitative estimate of drug-likeness (QED) is 0.686. The topological polar surface area (TPSA) is 42.0 Å². The number of hydrogen-bond donors (Lipinski definition) is 1. The Hall–Kier alpha value is -1.65. The molecule has 2 heterocycles. The Balaban J connectivity index is 2.05. The van der Waals surface area contributed by atoms with Crippen molar-refractivity contribution in [1.29, 1.82) is 0 Å². The van der Waals surface area contributed by atoms with E-state index in [0.29, 0.717) is 10.8 Å². The van der Waals surface area contributed by atoms with E-state index < -0.39 is 0 Å². The van der Waals surface area contributed by atoms with Crippen molar-refractivity contribution >= 4 is 40.6 Å². The second-order valence-electron chi connectivity index (χ2n) is 3.69. The molecule has 0 aromatic carbocycles. The van der Waals surface area contributed by atoms with Crippen molar-refractivity contribution in [1.82, 2.24) is 4.98 Å². The van der Waals surface area contributed by atoms with Crippen LogP contribution in [0.2, 0.25) is 5.15 Å². The zero-order valence-electron chi connectivity index (χ0n) is 9.68. The zero-order valence-corrected chi connectivity index (χ0v) is 11.3. The summed E-state index contributed by atoms with van der Waals surface area (Å²) in [4.78, 5) is 16.7. The fourth-order valence-electron chi connectivity index (χ4n) is 1.36. The summed E-state index contributed by atoms with van der Waals surface area (Å²) in [5, 5.41) is 4.95. The van der Waals surface area contributed by atoms with Gasteiger partial charge >= 0.3 is 0 Å². The summed E-state index contributed by atoms with van der Waals surface area (Å²) >= 11 is 7.46. The number of aromatic nitrogens is 1. The van der Waals surface area contributed by atoms with E-state index in [0.717, 1.165) is 10.4 Å².